The van der Waals surface area contributed by atoms with Crippen LogP contribution in [0.15, 0.2) is 23.6 Å². The van der Waals surface area contributed by atoms with Crippen molar-refractivity contribution in [2.24, 2.45) is 0 Å². The van der Waals surface area contributed by atoms with Crippen LogP contribution < -0.4 is 14.8 Å². The Morgan fingerprint density at radius 2 is 2.19 bits per heavy atom. The average Bonchev–Trinajstić information content (AvgIpc) is 2.96. The average molecular weight is 234 g/mol. The number of thiazole rings is 1. The monoisotopic (exact) mass is 234 g/mol. The van der Waals surface area contributed by atoms with E-state index in [-0.39, 0.29) is 0 Å². The highest BCUT2D eigenvalue weighted by Crippen LogP contribution is 2.36. The molecule has 0 unspecified atom stereocenters. The van der Waals surface area contributed by atoms with Gasteiger partial charge in [0.15, 0.2) is 16.6 Å². The predicted molar refractivity (Wildman–Crippen MR) is 63.2 cm³/mol. The van der Waals surface area contributed by atoms with Gasteiger partial charge in [0.2, 0.25) is 6.79 Å². The van der Waals surface area contributed by atoms with Gasteiger partial charge >= 0.3 is 0 Å². The van der Waals surface area contributed by atoms with E-state index in [4.69, 9.17) is 9.47 Å². The third-order valence-corrected chi connectivity index (χ3v) is 3.25. The third-order valence-electron chi connectivity index (χ3n) is 2.39. The zero-order valence-electron chi connectivity index (χ0n) is 8.69. The number of benzene rings is 1. The minimum Gasteiger partial charge on any atom is -0.454 e. The van der Waals surface area contributed by atoms with Gasteiger partial charge in [-0.15, -0.1) is 11.3 Å². The van der Waals surface area contributed by atoms with Crippen molar-refractivity contribution in [2.75, 3.05) is 19.2 Å². The van der Waals surface area contributed by atoms with Gasteiger partial charge in [-0.05, 0) is 18.2 Å². The Balaban J connectivity index is 2.00. The van der Waals surface area contributed by atoms with Gasteiger partial charge in [0.1, 0.15) is 0 Å². The molecule has 82 valence electrons. The minimum absolute atomic E-state index is 0.303. The first-order valence-electron chi connectivity index (χ1n) is 4.90. The molecule has 0 saturated carbocycles. The van der Waals surface area contributed by atoms with E-state index in [1.165, 1.54) is 0 Å². The van der Waals surface area contributed by atoms with Crippen LogP contribution in [-0.2, 0) is 0 Å². The second kappa shape index (κ2) is 3.68. The lowest BCUT2D eigenvalue weighted by molar-refractivity contribution is 0.174. The van der Waals surface area contributed by atoms with Crippen LogP contribution in [0, 0.1) is 0 Å². The second-order valence-corrected chi connectivity index (χ2v) is 4.21. The zero-order valence-corrected chi connectivity index (χ0v) is 9.50. The van der Waals surface area contributed by atoms with Gasteiger partial charge in [0.05, 0.1) is 5.69 Å². The molecule has 4 nitrogen and oxygen atoms in total. The molecule has 16 heavy (non-hydrogen) atoms. The normalized spacial score (nSPS) is 12.8. The van der Waals surface area contributed by atoms with E-state index >= 15 is 0 Å². The van der Waals surface area contributed by atoms with Crippen molar-refractivity contribution < 1.29 is 9.47 Å². The number of hydrogen-bond donors (Lipinski definition) is 1. The fraction of sp³-hybridized carbons (Fsp3) is 0.182. The van der Waals surface area contributed by atoms with Crippen molar-refractivity contribution in [1.82, 2.24) is 4.98 Å². The molecule has 0 aliphatic carbocycles. The van der Waals surface area contributed by atoms with E-state index in [0.29, 0.717) is 6.79 Å². The lowest BCUT2D eigenvalue weighted by atomic mass is 10.1. The van der Waals surface area contributed by atoms with Crippen LogP contribution >= 0.6 is 11.3 Å². The van der Waals surface area contributed by atoms with Gasteiger partial charge in [-0.3, -0.25) is 0 Å². The first-order valence-corrected chi connectivity index (χ1v) is 5.78. The number of aromatic nitrogens is 1. The Morgan fingerprint density at radius 1 is 1.31 bits per heavy atom. The molecule has 0 saturated heterocycles. The van der Waals surface area contributed by atoms with Crippen molar-refractivity contribution in [1.29, 1.82) is 0 Å². The Hall–Kier alpha value is -1.75. The maximum absolute atomic E-state index is 5.33. The Morgan fingerprint density at radius 3 is 3.00 bits per heavy atom. The molecule has 3 rings (SSSR count). The van der Waals surface area contributed by atoms with Crippen molar-refractivity contribution in [3.8, 4) is 22.8 Å². The number of nitrogens with zero attached hydrogens (tertiary/aromatic N) is 1. The lowest BCUT2D eigenvalue weighted by Gasteiger charge is -1.99. The molecule has 2 heterocycles. The minimum atomic E-state index is 0.303. The summed E-state index contributed by atoms with van der Waals surface area (Å²) in [5.74, 6) is 1.59. The van der Waals surface area contributed by atoms with E-state index < -0.39 is 0 Å². The van der Waals surface area contributed by atoms with Gasteiger partial charge in [0, 0.05) is 18.0 Å². The van der Waals surface area contributed by atoms with E-state index in [2.05, 4.69) is 10.3 Å². The Labute approximate surface area is 96.8 Å². The number of nitrogens with one attached hydrogen (secondary N) is 1. The topological polar surface area (TPSA) is 43.4 Å². The highest BCUT2D eigenvalue weighted by Gasteiger charge is 2.14. The maximum Gasteiger partial charge on any atom is 0.231 e. The van der Waals surface area contributed by atoms with E-state index in [1.54, 1.807) is 11.3 Å². The van der Waals surface area contributed by atoms with Gasteiger partial charge < -0.3 is 14.8 Å². The van der Waals surface area contributed by atoms with Gasteiger partial charge in [0.25, 0.3) is 0 Å². The largest absolute Gasteiger partial charge is 0.454 e. The van der Waals surface area contributed by atoms with Crippen LogP contribution in [0.5, 0.6) is 11.5 Å². The van der Waals surface area contributed by atoms with E-state index in [0.717, 1.165) is 27.9 Å². The number of fused-ring (bicyclic) bond motifs is 1. The molecule has 1 aliphatic heterocycles. The van der Waals surface area contributed by atoms with Crippen molar-refractivity contribution in [2.45, 2.75) is 0 Å². The molecule has 5 heteroatoms. The number of ether oxygens (including phenoxy) is 2. The molecular weight excluding hydrogens is 224 g/mol. The molecule has 1 aliphatic rings. The lowest BCUT2D eigenvalue weighted by Crippen LogP contribution is -1.92. The molecule has 0 atom stereocenters. The van der Waals surface area contributed by atoms with E-state index in [1.807, 2.05) is 30.6 Å². The van der Waals surface area contributed by atoms with Crippen LogP contribution in [0.25, 0.3) is 11.3 Å². The molecule has 2 aromatic rings. The molecule has 0 amide bonds. The van der Waals surface area contributed by atoms with Gasteiger partial charge in [-0.1, -0.05) is 0 Å². The smallest absolute Gasteiger partial charge is 0.231 e. The molecule has 1 aromatic heterocycles. The summed E-state index contributed by atoms with van der Waals surface area (Å²) in [6.07, 6.45) is 0. The molecule has 1 N–H and O–H groups in total. The summed E-state index contributed by atoms with van der Waals surface area (Å²) < 4.78 is 10.6. The highest BCUT2D eigenvalue weighted by molar-refractivity contribution is 7.14. The fourth-order valence-corrected chi connectivity index (χ4v) is 2.26. The van der Waals surface area contributed by atoms with E-state index in [9.17, 15) is 0 Å². The third kappa shape index (κ3) is 1.49. The molecule has 0 spiro atoms. The standard InChI is InChI=1S/C11H10N2O2S/c1-12-11-13-8(5-16-11)7-2-3-9-10(4-7)15-6-14-9/h2-5H,6H2,1H3,(H,12,13). The number of hydrogen-bond acceptors (Lipinski definition) is 5. The highest BCUT2D eigenvalue weighted by atomic mass is 32.1. The molecular formula is C11H10N2O2S. The predicted octanol–water partition coefficient (Wildman–Crippen LogP) is 2.58. The second-order valence-electron chi connectivity index (χ2n) is 3.36. The summed E-state index contributed by atoms with van der Waals surface area (Å²) in [4.78, 5) is 4.44. The van der Waals surface area contributed by atoms with Crippen molar-refractivity contribution in [3.05, 3.63) is 23.6 Å². The summed E-state index contributed by atoms with van der Waals surface area (Å²) in [5, 5.41) is 5.95. The number of rotatable bonds is 2. The summed E-state index contributed by atoms with van der Waals surface area (Å²) in [6.45, 7) is 0.303. The van der Waals surface area contributed by atoms with Crippen LogP contribution in [0.1, 0.15) is 0 Å². The first-order chi connectivity index (χ1) is 7.86. The summed E-state index contributed by atoms with van der Waals surface area (Å²) >= 11 is 1.58. The quantitative estimate of drug-likeness (QED) is 0.867. The molecule has 1 aromatic carbocycles. The van der Waals surface area contributed by atoms with Crippen LogP contribution in [0.4, 0.5) is 5.13 Å². The van der Waals surface area contributed by atoms with Gasteiger partial charge in [-0.25, -0.2) is 4.98 Å². The number of anilines is 1. The van der Waals surface area contributed by atoms with Crippen LogP contribution in [0.3, 0.4) is 0 Å². The Bertz CT molecular complexity index is 524. The molecule has 0 bridgehead atoms. The molecule has 0 radical (unpaired) electrons. The van der Waals surface area contributed by atoms with Crippen molar-refractivity contribution >= 4 is 16.5 Å². The maximum atomic E-state index is 5.33. The zero-order chi connectivity index (χ0) is 11.0. The fourth-order valence-electron chi connectivity index (χ4n) is 1.58. The first kappa shape index (κ1) is 9.47. The van der Waals surface area contributed by atoms with Gasteiger partial charge in [-0.2, -0.15) is 0 Å². The summed E-state index contributed by atoms with van der Waals surface area (Å²) in [5.41, 5.74) is 2.00. The van der Waals surface area contributed by atoms with Crippen LogP contribution in [-0.4, -0.2) is 18.8 Å². The summed E-state index contributed by atoms with van der Waals surface area (Å²) in [6, 6.07) is 5.86. The SMILES string of the molecule is CNc1nc(-c2ccc3c(c2)OCO3)cs1. The van der Waals surface area contributed by atoms with Crippen LogP contribution in [0.2, 0.25) is 0 Å². The Kier molecular flexibility index (Phi) is 2.18. The van der Waals surface area contributed by atoms with Crippen molar-refractivity contribution in [3.63, 3.8) is 0 Å². The molecule has 0 fully saturated rings. The summed E-state index contributed by atoms with van der Waals surface area (Å²) in [7, 11) is 1.86.